The second-order valence-corrected chi connectivity index (χ2v) is 4.12. The van der Waals surface area contributed by atoms with Gasteiger partial charge in [-0.15, -0.1) is 0 Å². The van der Waals surface area contributed by atoms with Crippen molar-refractivity contribution in [1.82, 2.24) is 0 Å². The molecule has 0 unspecified atom stereocenters. The molecule has 0 aliphatic rings. The number of alkyl halides is 3. The highest BCUT2D eigenvalue weighted by Gasteiger charge is 2.39. The standard InChI is InChI=1S/C14H14F3NO2/c15-14(16,17)13(20)9-12(19)11-6-4-10(5-7-11)3-1-2-8-18/h1,3-7H,2,8-9,18H2. The molecule has 1 aromatic carbocycles. The van der Waals surface area contributed by atoms with Crippen LogP contribution in [0.25, 0.3) is 6.08 Å². The molecule has 0 bridgehead atoms. The van der Waals surface area contributed by atoms with Crippen LogP contribution in [0.15, 0.2) is 30.3 Å². The SMILES string of the molecule is NCCC=Cc1ccc(C(=O)CC(=O)C(F)(F)F)cc1. The molecule has 0 saturated heterocycles. The molecule has 0 amide bonds. The van der Waals surface area contributed by atoms with Gasteiger partial charge >= 0.3 is 6.18 Å². The van der Waals surface area contributed by atoms with Gasteiger partial charge in [0.2, 0.25) is 5.78 Å². The van der Waals surface area contributed by atoms with Gasteiger partial charge in [-0.2, -0.15) is 13.2 Å². The van der Waals surface area contributed by atoms with E-state index in [0.717, 1.165) is 5.56 Å². The molecule has 1 rings (SSSR count). The van der Waals surface area contributed by atoms with Crippen molar-refractivity contribution < 1.29 is 22.8 Å². The molecule has 0 atom stereocenters. The molecular formula is C14H14F3NO2. The molecule has 0 aliphatic carbocycles. The van der Waals surface area contributed by atoms with Crippen LogP contribution in [0.3, 0.4) is 0 Å². The van der Waals surface area contributed by atoms with Gasteiger partial charge in [-0.3, -0.25) is 9.59 Å². The lowest BCUT2D eigenvalue weighted by Gasteiger charge is -2.04. The number of Topliss-reactive ketones (excluding diaryl/α,β-unsaturated/α-hetero) is 2. The number of rotatable bonds is 6. The van der Waals surface area contributed by atoms with E-state index in [1.165, 1.54) is 12.1 Å². The molecule has 0 saturated carbocycles. The van der Waals surface area contributed by atoms with E-state index in [1.54, 1.807) is 18.2 Å². The van der Waals surface area contributed by atoms with E-state index >= 15 is 0 Å². The zero-order valence-electron chi connectivity index (χ0n) is 10.6. The van der Waals surface area contributed by atoms with Gasteiger partial charge in [-0.1, -0.05) is 36.4 Å². The summed E-state index contributed by atoms with van der Waals surface area (Å²) < 4.78 is 36.1. The van der Waals surface area contributed by atoms with E-state index in [-0.39, 0.29) is 5.56 Å². The highest BCUT2D eigenvalue weighted by Crippen LogP contribution is 2.19. The molecule has 1 aromatic rings. The van der Waals surface area contributed by atoms with Gasteiger partial charge in [-0.05, 0) is 18.5 Å². The summed E-state index contributed by atoms with van der Waals surface area (Å²) in [6.45, 7) is 0.520. The van der Waals surface area contributed by atoms with Crippen molar-refractivity contribution in [3.05, 3.63) is 41.5 Å². The molecule has 0 aromatic heterocycles. The monoisotopic (exact) mass is 285 g/mol. The van der Waals surface area contributed by atoms with Crippen LogP contribution in [0, 0.1) is 0 Å². The number of hydrogen-bond donors (Lipinski definition) is 1. The van der Waals surface area contributed by atoms with Crippen LogP contribution in [0.4, 0.5) is 13.2 Å². The average molecular weight is 285 g/mol. The van der Waals surface area contributed by atoms with E-state index in [2.05, 4.69) is 0 Å². The van der Waals surface area contributed by atoms with Crippen molar-refractivity contribution in [3.8, 4) is 0 Å². The van der Waals surface area contributed by atoms with Gasteiger partial charge in [0, 0.05) is 5.56 Å². The van der Waals surface area contributed by atoms with Crippen LogP contribution in [0.5, 0.6) is 0 Å². The first-order valence-electron chi connectivity index (χ1n) is 5.94. The zero-order valence-corrected chi connectivity index (χ0v) is 10.6. The lowest BCUT2D eigenvalue weighted by atomic mass is 10.0. The number of halogens is 3. The fraction of sp³-hybridized carbons (Fsp3) is 0.286. The highest BCUT2D eigenvalue weighted by atomic mass is 19.4. The van der Waals surface area contributed by atoms with Crippen LogP contribution in [-0.2, 0) is 4.79 Å². The molecule has 2 N–H and O–H groups in total. The fourth-order valence-corrected chi connectivity index (χ4v) is 1.44. The second kappa shape index (κ2) is 7.00. The third-order valence-corrected chi connectivity index (χ3v) is 2.51. The molecule has 108 valence electrons. The number of nitrogens with two attached hydrogens (primary N) is 1. The molecule has 0 spiro atoms. The number of carbonyl (C=O) groups is 2. The molecule has 0 radical (unpaired) electrons. The third-order valence-electron chi connectivity index (χ3n) is 2.51. The smallest absolute Gasteiger partial charge is 0.330 e. The summed E-state index contributed by atoms with van der Waals surface area (Å²) in [5.74, 6) is -2.88. The maximum Gasteiger partial charge on any atom is 0.450 e. The third kappa shape index (κ3) is 4.97. The van der Waals surface area contributed by atoms with Crippen molar-refractivity contribution in [2.75, 3.05) is 6.54 Å². The van der Waals surface area contributed by atoms with E-state index < -0.39 is 24.2 Å². The van der Waals surface area contributed by atoms with Crippen LogP contribution in [0.1, 0.15) is 28.8 Å². The minimum absolute atomic E-state index is 0.0820. The average Bonchev–Trinajstić information content (AvgIpc) is 2.38. The van der Waals surface area contributed by atoms with Crippen molar-refractivity contribution in [2.45, 2.75) is 19.0 Å². The predicted molar refractivity (Wildman–Crippen MR) is 69.2 cm³/mol. The van der Waals surface area contributed by atoms with Crippen LogP contribution in [-0.4, -0.2) is 24.3 Å². The van der Waals surface area contributed by atoms with E-state index in [1.807, 2.05) is 6.08 Å². The van der Waals surface area contributed by atoms with Crippen LogP contribution >= 0.6 is 0 Å². The summed E-state index contributed by atoms with van der Waals surface area (Å²) in [6.07, 6.45) is -1.78. The van der Waals surface area contributed by atoms with Gasteiger partial charge in [0.05, 0.1) is 6.42 Å². The van der Waals surface area contributed by atoms with Gasteiger partial charge in [0.1, 0.15) is 0 Å². The number of benzene rings is 1. The Hall–Kier alpha value is -1.95. The first-order valence-corrected chi connectivity index (χ1v) is 5.94. The van der Waals surface area contributed by atoms with Crippen LogP contribution < -0.4 is 5.73 Å². The maximum absolute atomic E-state index is 12.0. The first kappa shape index (κ1) is 16.1. The van der Waals surface area contributed by atoms with Crippen molar-refractivity contribution in [2.24, 2.45) is 5.73 Å². The topological polar surface area (TPSA) is 60.2 Å². The summed E-state index contributed by atoms with van der Waals surface area (Å²) in [6, 6.07) is 5.98. The van der Waals surface area contributed by atoms with Crippen LogP contribution in [0.2, 0.25) is 0 Å². The van der Waals surface area contributed by atoms with Gasteiger partial charge < -0.3 is 5.73 Å². The molecule has 0 heterocycles. The first-order chi connectivity index (χ1) is 9.34. The molecular weight excluding hydrogens is 271 g/mol. The lowest BCUT2D eigenvalue weighted by Crippen LogP contribution is -2.25. The highest BCUT2D eigenvalue weighted by molar-refractivity contribution is 6.09. The summed E-state index contributed by atoms with van der Waals surface area (Å²) >= 11 is 0. The normalized spacial score (nSPS) is 11.8. The van der Waals surface area contributed by atoms with Gasteiger partial charge in [0.15, 0.2) is 5.78 Å². The predicted octanol–water partition coefficient (Wildman–Crippen LogP) is 2.75. The maximum atomic E-state index is 12.0. The minimum atomic E-state index is -4.97. The Morgan fingerprint density at radius 2 is 1.75 bits per heavy atom. The van der Waals surface area contributed by atoms with Crippen molar-refractivity contribution in [3.63, 3.8) is 0 Å². The van der Waals surface area contributed by atoms with Gasteiger partial charge in [0.25, 0.3) is 0 Å². The Labute approximate surface area is 114 Å². The largest absolute Gasteiger partial charge is 0.450 e. The molecule has 0 fully saturated rings. The van der Waals surface area contributed by atoms with Gasteiger partial charge in [-0.25, -0.2) is 0 Å². The zero-order chi connectivity index (χ0) is 15.2. The number of ketones is 2. The Bertz CT molecular complexity index is 504. The van der Waals surface area contributed by atoms with E-state index in [4.69, 9.17) is 5.73 Å². The molecule has 20 heavy (non-hydrogen) atoms. The quantitative estimate of drug-likeness (QED) is 0.646. The summed E-state index contributed by atoms with van der Waals surface area (Å²) in [5, 5.41) is 0. The van der Waals surface area contributed by atoms with Crippen molar-refractivity contribution in [1.29, 1.82) is 0 Å². The Balaban J connectivity index is 2.69. The Morgan fingerprint density at radius 3 is 2.25 bits per heavy atom. The Morgan fingerprint density at radius 1 is 1.15 bits per heavy atom. The minimum Gasteiger partial charge on any atom is -0.330 e. The molecule has 0 aliphatic heterocycles. The van der Waals surface area contributed by atoms with E-state index in [0.29, 0.717) is 13.0 Å². The fourth-order valence-electron chi connectivity index (χ4n) is 1.44. The summed E-state index contributed by atoms with van der Waals surface area (Å²) in [7, 11) is 0. The Kier molecular flexibility index (Phi) is 5.64. The van der Waals surface area contributed by atoms with E-state index in [9.17, 15) is 22.8 Å². The summed E-state index contributed by atoms with van der Waals surface area (Å²) in [4.78, 5) is 22.2. The summed E-state index contributed by atoms with van der Waals surface area (Å²) in [5.41, 5.74) is 6.20. The molecule has 3 nitrogen and oxygen atoms in total. The second-order valence-electron chi connectivity index (χ2n) is 4.12. The van der Waals surface area contributed by atoms with Crippen molar-refractivity contribution >= 4 is 17.6 Å². The number of hydrogen-bond acceptors (Lipinski definition) is 3. The lowest BCUT2D eigenvalue weighted by molar-refractivity contribution is -0.170. The molecule has 6 heteroatoms. The number of carbonyl (C=O) groups excluding carboxylic acids is 2.